The molecule has 162 valence electrons. The fraction of sp³-hybridized carbons (Fsp3) is 0.458. The molecule has 0 radical (unpaired) electrons. The van der Waals surface area contributed by atoms with Crippen LogP contribution in [0.3, 0.4) is 0 Å². The van der Waals surface area contributed by atoms with E-state index in [1.165, 1.54) is 18.6 Å². The van der Waals surface area contributed by atoms with Gasteiger partial charge in [0, 0.05) is 60.2 Å². The number of aryl methyl sites for hydroxylation is 1. The summed E-state index contributed by atoms with van der Waals surface area (Å²) in [5.41, 5.74) is 1.88. The van der Waals surface area contributed by atoms with Crippen LogP contribution in [0.1, 0.15) is 46.0 Å². The lowest BCUT2D eigenvalue weighted by atomic mass is 9.70. The summed E-state index contributed by atoms with van der Waals surface area (Å²) in [4.78, 5) is 12.1. The standard InChI is InChI=1S/C24H28N4O3/c1-23-8-4-9-24(2,27-23)14-15(13-23)31-22-6-5-18(25-26-22)16-11-19-17(12-21(16)30)20(29)7-10-28(19)3/h5-7,10-12,15,27,30H,4,8-9,13-14H2,1-3H3/t15-,23-,24+. The van der Waals surface area contributed by atoms with Gasteiger partial charge in [-0.1, -0.05) is 0 Å². The molecular weight excluding hydrogens is 392 g/mol. The molecule has 3 atom stereocenters. The van der Waals surface area contributed by atoms with Gasteiger partial charge in [0.05, 0.1) is 11.2 Å². The molecule has 2 bridgehead atoms. The van der Waals surface area contributed by atoms with E-state index in [9.17, 15) is 9.90 Å². The molecular formula is C24H28N4O3. The minimum Gasteiger partial charge on any atom is -0.507 e. The minimum atomic E-state index is -0.126. The Morgan fingerprint density at radius 2 is 1.87 bits per heavy atom. The third kappa shape index (κ3) is 3.67. The first kappa shape index (κ1) is 20.0. The van der Waals surface area contributed by atoms with Gasteiger partial charge in [-0.2, -0.15) is 0 Å². The Morgan fingerprint density at radius 3 is 2.55 bits per heavy atom. The highest BCUT2D eigenvalue weighted by Gasteiger charge is 2.46. The second-order valence-corrected chi connectivity index (χ2v) is 9.68. The van der Waals surface area contributed by atoms with Crippen molar-refractivity contribution >= 4 is 10.9 Å². The summed E-state index contributed by atoms with van der Waals surface area (Å²) in [7, 11) is 1.86. The van der Waals surface area contributed by atoms with Crippen LogP contribution in [0.5, 0.6) is 11.6 Å². The number of nitrogens with zero attached hydrogens (tertiary/aromatic N) is 3. The van der Waals surface area contributed by atoms with Gasteiger partial charge < -0.3 is 19.7 Å². The summed E-state index contributed by atoms with van der Waals surface area (Å²) in [6.45, 7) is 4.56. The third-order valence-electron chi connectivity index (χ3n) is 6.83. The topological polar surface area (TPSA) is 89.3 Å². The fourth-order valence-corrected chi connectivity index (χ4v) is 5.51. The zero-order valence-electron chi connectivity index (χ0n) is 18.2. The van der Waals surface area contributed by atoms with Crippen LogP contribution in [0.15, 0.2) is 41.3 Å². The van der Waals surface area contributed by atoms with Gasteiger partial charge in [0.15, 0.2) is 5.43 Å². The van der Waals surface area contributed by atoms with E-state index in [0.29, 0.717) is 22.5 Å². The molecule has 2 saturated heterocycles. The SMILES string of the molecule is Cn1ccc(=O)c2cc(O)c(-c3ccc(O[C@H]4C[C@]5(C)CCC[C@](C)(C4)N5)nn3)cc21. The Kier molecular flexibility index (Phi) is 4.55. The van der Waals surface area contributed by atoms with E-state index >= 15 is 0 Å². The van der Waals surface area contributed by atoms with Gasteiger partial charge in [0.25, 0.3) is 0 Å². The van der Waals surface area contributed by atoms with E-state index in [-0.39, 0.29) is 28.4 Å². The highest BCUT2D eigenvalue weighted by molar-refractivity contribution is 5.87. The van der Waals surface area contributed by atoms with Gasteiger partial charge in [0.1, 0.15) is 11.9 Å². The average Bonchev–Trinajstić information content (AvgIpc) is 2.70. The lowest BCUT2D eigenvalue weighted by molar-refractivity contribution is 0.00726. The Hall–Kier alpha value is -2.93. The molecule has 5 rings (SSSR count). The number of aromatic nitrogens is 3. The predicted molar refractivity (Wildman–Crippen MR) is 119 cm³/mol. The summed E-state index contributed by atoms with van der Waals surface area (Å²) in [6, 6.07) is 8.36. The van der Waals surface area contributed by atoms with Crippen LogP contribution < -0.4 is 15.5 Å². The van der Waals surface area contributed by atoms with E-state index in [4.69, 9.17) is 4.74 Å². The Morgan fingerprint density at radius 1 is 1.13 bits per heavy atom. The third-order valence-corrected chi connectivity index (χ3v) is 6.83. The molecule has 0 saturated carbocycles. The van der Waals surface area contributed by atoms with E-state index in [2.05, 4.69) is 29.4 Å². The van der Waals surface area contributed by atoms with Crippen LogP contribution in [0, 0.1) is 0 Å². The molecule has 2 aliphatic rings. The lowest BCUT2D eigenvalue weighted by Gasteiger charge is -2.53. The number of phenolic OH excluding ortho intramolecular Hbond substituents is 1. The maximum absolute atomic E-state index is 12.1. The van der Waals surface area contributed by atoms with Gasteiger partial charge in [-0.25, -0.2) is 0 Å². The molecule has 3 aromatic rings. The number of piperidine rings is 2. The van der Waals surface area contributed by atoms with Crippen LogP contribution in [-0.2, 0) is 7.05 Å². The van der Waals surface area contributed by atoms with Gasteiger partial charge in [-0.3, -0.25) is 4.79 Å². The summed E-state index contributed by atoms with van der Waals surface area (Å²) in [5.74, 6) is 0.499. The Balaban J connectivity index is 1.40. The van der Waals surface area contributed by atoms with Gasteiger partial charge in [-0.05, 0) is 51.3 Å². The molecule has 2 aliphatic heterocycles. The van der Waals surface area contributed by atoms with Crippen LogP contribution in [0.2, 0.25) is 0 Å². The smallest absolute Gasteiger partial charge is 0.233 e. The van der Waals surface area contributed by atoms with Crippen molar-refractivity contribution in [2.45, 2.75) is 63.1 Å². The first-order valence-electron chi connectivity index (χ1n) is 10.9. The molecule has 0 spiro atoms. The van der Waals surface area contributed by atoms with E-state index in [0.717, 1.165) is 31.2 Å². The van der Waals surface area contributed by atoms with Gasteiger partial charge >= 0.3 is 0 Å². The molecule has 7 nitrogen and oxygen atoms in total. The van der Waals surface area contributed by atoms with Gasteiger partial charge in [-0.15, -0.1) is 10.2 Å². The van der Waals surface area contributed by atoms with Crippen molar-refractivity contribution in [2.24, 2.45) is 7.05 Å². The number of nitrogens with one attached hydrogen (secondary N) is 1. The van der Waals surface area contributed by atoms with E-state index < -0.39 is 0 Å². The van der Waals surface area contributed by atoms with Gasteiger partial charge in [0.2, 0.25) is 5.88 Å². The molecule has 0 unspecified atom stereocenters. The number of phenols is 1. The zero-order valence-corrected chi connectivity index (χ0v) is 18.2. The zero-order chi connectivity index (χ0) is 21.8. The summed E-state index contributed by atoms with van der Waals surface area (Å²) < 4.78 is 8.07. The number of pyridine rings is 1. The Bertz CT molecular complexity index is 1190. The normalized spacial score (nSPS) is 27.9. The predicted octanol–water partition coefficient (Wildman–Crippen LogP) is 3.53. The maximum atomic E-state index is 12.1. The fourth-order valence-electron chi connectivity index (χ4n) is 5.51. The summed E-state index contributed by atoms with van der Waals surface area (Å²) >= 11 is 0. The molecule has 1 aromatic carbocycles. The van der Waals surface area contributed by atoms with Crippen molar-refractivity contribution in [2.75, 3.05) is 0 Å². The lowest BCUT2D eigenvalue weighted by Crippen LogP contribution is -2.65. The van der Waals surface area contributed by atoms with Crippen molar-refractivity contribution in [3.05, 3.63) is 46.8 Å². The average molecular weight is 421 g/mol. The van der Waals surface area contributed by atoms with Crippen LogP contribution in [0.4, 0.5) is 0 Å². The molecule has 0 amide bonds. The number of aromatic hydroxyl groups is 1. The molecule has 2 N–H and O–H groups in total. The van der Waals surface area contributed by atoms with Crippen LogP contribution in [0.25, 0.3) is 22.2 Å². The number of rotatable bonds is 3. The van der Waals surface area contributed by atoms with Crippen molar-refractivity contribution in [3.63, 3.8) is 0 Å². The Labute approximate surface area is 181 Å². The number of hydrogen-bond donors (Lipinski definition) is 2. The van der Waals surface area contributed by atoms with Crippen LogP contribution in [-0.4, -0.2) is 37.1 Å². The second-order valence-electron chi connectivity index (χ2n) is 9.68. The van der Waals surface area contributed by atoms with E-state index in [1.54, 1.807) is 24.4 Å². The maximum Gasteiger partial charge on any atom is 0.233 e. The number of hydrogen-bond acceptors (Lipinski definition) is 6. The van der Waals surface area contributed by atoms with Crippen molar-refractivity contribution in [1.29, 1.82) is 0 Å². The number of benzene rings is 1. The van der Waals surface area contributed by atoms with Crippen molar-refractivity contribution in [1.82, 2.24) is 20.1 Å². The first-order chi connectivity index (χ1) is 14.7. The largest absolute Gasteiger partial charge is 0.507 e. The highest BCUT2D eigenvalue weighted by Crippen LogP contribution is 2.41. The molecule has 0 aliphatic carbocycles. The molecule has 4 heterocycles. The molecule has 31 heavy (non-hydrogen) atoms. The van der Waals surface area contributed by atoms with Crippen LogP contribution >= 0.6 is 0 Å². The van der Waals surface area contributed by atoms with Crippen molar-refractivity contribution in [3.8, 4) is 22.9 Å². The van der Waals surface area contributed by atoms with Crippen molar-refractivity contribution < 1.29 is 9.84 Å². The molecule has 7 heteroatoms. The van der Waals surface area contributed by atoms with E-state index in [1.807, 2.05) is 11.6 Å². The first-order valence-corrected chi connectivity index (χ1v) is 10.9. The molecule has 2 fully saturated rings. The summed E-state index contributed by atoms with van der Waals surface area (Å²) in [5, 5.41) is 23.4. The monoisotopic (exact) mass is 420 g/mol. The molecule has 2 aromatic heterocycles. The minimum absolute atomic E-state index is 0.00537. The highest BCUT2D eigenvalue weighted by atomic mass is 16.5. The number of ether oxygens (including phenoxy) is 1. The number of fused-ring (bicyclic) bond motifs is 3. The second kappa shape index (κ2) is 7.05. The summed E-state index contributed by atoms with van der Waals surface area (Å²) in [6.07, 6.45) is 7.29. The quantitative estimate of drug-likeness (QED) is 0.674.